The van der Waals surface area contributed by atoms with Crippen LogP contribution in [0.25, 0.3) is 0 Å². The molecule has 3 aromatic carbocycles. The molecular weight excluding hydrogens is 558 g/mol. The van der Waals surface area contributed by atoms with Gasteiger partial charge in [-0.05, 0) is 41.0 Å². The molecule has 4 rings (SSSR count). The first-order valence-electron chi connectivity index (χ1n) is 14.4. The van der Waals surface area contributed by atoms with Crippen molar-refractivity contribution in [3.63, 3.8) is 0 Å². The van der Waals surface area contributed by atoms with E-state index in [1.165, 1.54) is 11.8 Å². The van der Waals surface area contributed by atoms with Crippen LogP contribution in [0.5, 0.6) is 0 Å². The number of urea groups is 1. The van der Waals surface area contributed by atoms with Gasteiger partial charge in [-0.3, -0.25) is 24.7 Å². The molecule has 0 radical (unpaired) electrons. The Hall–Kier alpha value is -4.99. The van der Waals surface area contributed by atoms with Crippen molar-refractivity contribution in [1.29, 1.82) is 5.41 Å². The van der Waals surface area contributed by atoms with Gasteiger partial charge in [-0.1, -0.05) is 99.6 Å². The third-order valence-corrected chi connectivity index (χ3v) is 8.15. The fourth-order valence-corrected chi connectivity index (χ4v) is 5.39. The third kappa shape index (κ3) is 6.34. The maximum atomic E-state index is 14.3. The third-order valence-electron chi connectivity index (χ3n) is 8.15. The molecule has 3 aromatic rings. The van der Waals surface area contributed by atoms with E-state index >= 15 is 0 Å². The second-order valence-corrected chi connectivity index (χ2v) is 12.3. The Morgan fingerprint density at radius 3 is 2.05 bits per heavy atom. The molecule has 44 heavy (non-hydrogen) atoms. The van der Waals surface area contributed by atoms with Crippen molar-refractivity contribution in [3.8, 4) is 0 Å². The molecule has 1 aliphatic rings. The summed E-state index contributed by atoms with van der Waals surface area (Å²) in [5, 5.41) is 19.6. The zero-order valence-corrected chi connectivity index (χ0v) is 25.7. The normalized spacial score (nSPS) is 17.5. The molecule has 10 heteroatoms. The van der Waals surface area contributed by atoms with Crippen molar-refractivity contribution in [3.05, 3.63) is 107 Å². The summed E-state index contributed by atoms with van der Waals surface area (Å²) in [6.07, 6.45) is 0.0945. The Kier molecular flexibility index (Phi) is 8.94. The molecule has 1 saturated heterocycles. The second-order valence-electron chi connectivity index (χ2n) is 12.3. The quantitative estimate of drug-likeness (QED) is 0.176. The summed E-state index contributed by atoms with van der Waals surface area (Å²) in [4.78, 5) is 55.3. The summed E-state index contributed by atoms with van der Waals surface area (Å²) in [5.74, 6) is -3.73. The average molecular weight is 598 g/mol. The number of benzene rings is 3. The largest absolute Gasteiger partial charge is 0.481 e. The number of carbonyl (C=O) groups is 4. The number of carboxylic acids is 1. The van der Waals surface area contributed by atoms with E-state index < -0.39 is 35.3 Å². The topological polar surface area (TPSA) is 148 Å². The average Bonchev–Trinajstić information content (AvgIpc) is 3.16. The lowest BCUT2D eigenvalue weighted by Crippen LogP contribution is -2.53. The van der Waals surface area contributed by atoms with E-state index in [9.17, 15) is 24.3 Å². The number of nitrogens with zero attached hydrogens (tertiary/aromatic N) is 3. The van der Waals surface area contributed by atoms with Crippen LogP contribution in [-0.4, -0.2) is 56.2 Å². The number of amides is 4. The molecule has 1 aliphatic heterocycles. The molecule has 0 spiro atoms. The maximum Gasteiger partial charge on any atom is 0.347 e. The van der Waals surface area contributed by atoms with Gasteiger partial charge in [0.15, 0.2) is 0 Å². The maximum absolute atomic E-state index is 14.3. The van der Waals surface area contributed by atoms with Crippen LogP contribution in [0.1, 0.15) is 62.4 Å². The molecule has 1 heterocycles. The Balaban J connectivity index is 1.71. The number of aliphatic carboxylic acids is 1. The summed E-state index contributed by atoms with van der Waals surface area (Å²) in [5.41, 5.74) is 7.54. The Morgan fingerprint density at radius 1 is 0.955 bits per heavy atom. The zero-order valence-electron chi connectivity index (χ0n) is 25.7. The molecular formula is C34H39N5O5. The van der Waals surface area contributed by atoms with Gasteiger partial charge in [-0.2, -0.15) is 5.01 Å². The van der Waals surface area contributed by atoms with Gasteiger partial charge in [0.25, 0.3) is 5.91 Å². The van der Waals surface area contributed by atoms with Crippen LogP contribution in [0.4, 0.5) is 4.79 Å². The number of carbonyl (C=O) groups excluding carboxylic acids is 3. The first-order chi connectivity index (χ1) is 20.6. The molecule has 2 unspecified atom stereocenters. The molecule has 1 fully saturated rings. The van der Waals surface area contributed by atoms with Gasteiger partial charge in [0.2, 0.25) is 5.91 Å². The van der Waals surface area contributed by atoms with Crippen molar-refractivity contribution >= 4 is 29.7 Å². The molecule has 0 saturated carbocycles. The summed E-state index contributed by atoms with van der Waals surface area (Å²) in [6, 6.07) is 22.5. The molecule has 230 valence electrons. The van der Waals surface area contributed by atoms with E-state index in [4.69, 9.17) is 11.1 Å². The van der Waals surface area contributed by atoms with Crippen LogP contribution in [0, 0.1) is 11.3 Å². The monoisotopic (exact) mass is 597 g/mol. The summed E-state index contributed by atoms with van der Waals surface area (Å²) in [7, 11) is 0. The van der Waals surface area contributed by atoms with Gasteiger partial charge >= 0.3 is 12.0 Å². The van der Waals surface area contributed by atoms with Crippen LogP contribution in [-0.2, 0) is 38.3 Å². The number of nitrogens with two attached hydrogens (primary N) is 1. The molecule has 4 amide bonds. The number of hydrogen-bond acceptors (Lipinski definition) is 5. The second kappa shape index (κ2) is 12.3. The fraction of sp³-hybridized carbons (Fsp3) is 0.324. The van der Waals surface area contributed by atoms with Gasteiger partial charge in [-0.25, -0.2) is 9.80 Å². The smallest absolute Gasteiger partial charge is 0.347 e. The lowest BCUT2D eigenvalue weighted by atomic mass is 9.86. The van der Waals surface area contributed by atoms with Crippen molar-refractivity contribution < 1.29 is 24.3 Å². The SMILES string of the molecule is CC(=O)N(CC(Cc1ccc(C(C)(C)C)cc1)C(=O)O)N1C(=O)N(Cc2ccccc2)C(C)(c2ccc(C(=N)N)cc2)C1=O. The lowest BCUT2D eigenvalue weighted by Gasteiger charge is -2.32. The highest BCUT2D eigenvalue weighted by Gasteiger charge is 2.58. The van der Waals surface area contributed by atoms with Crippen molar-refractivity contribution in [1.82, 2.24) is 14.9 Å². The van der Waals surface area contributed by atoms with Crippen molar-refractivity contribution in [2.45, 2.75) is 58.5 Å². The van der Waals surface area contributed by atoms with Crippen LogP contribution in [0.15, 0.2) is 78.9 Å². The highest BCUT2D eigenvalue weighted by atomic mass is 16.4. The van der Waals surface area contributed by atoms with E-state index in [1.54, 1.807) is 31.2 Å². The van der Waals surface area contributed by atoms with Crippen LogP contribution >= 0.6 is 0 Å². The summed E-state index contributed by atoms with van der Waals surface area (Å²) >= 11 is 0. The number of rotatable bonds is 10. The van der Waals surface area contributed by atoms with Crippen molar-refractivity contribution in [2.75, 3.05) is 6.54 Å². The Morgan fingerprint density at radius 2 is 1.55 bits per heavy atom. The molecule has 10 nitrogen and oxygen atoms in total. The van der Waals surface area contributed by atoms with E-state index in [1.807, 2.05) is 54.6 Å². The van der Waals surface area contributed by atoms with Crippen LogP contribution in [0.3, 0.4) is 0 Å². The van der Waals surface area contributed by atoms with Gasteiger partial charge in [0.1, 0.15) is 11.4 Å². The number of nitrogens with one attached hydrogen (secondary N) is 1. The molecule has 2 atom stereocenters. The molecule has 0 bridgehead atoms. The van der Waals surface area contributed by atoms with Gasteiger partial charge < -0.3 is 10.8 Å². The predicted octanol–water partition coefficient (Wildman–Crippen LogP) is 4.65. The number of hydrazine groups is 1. The Bertz CT molecular complexity index is 1560. The van der Waals surface area contributed by atoms with E-state index in [-0.39, 0.29) is 30.8 Å². The number of imide groups is 1. The number of nitrogen functional groups attached to an aromatic ring is 1. The van der Waals surface area contributed by atoms with Crippen LogP contribution in [0.2, 0.25) is 0 Å². The minimum atomic E-state index is -1.54. The van der Waals surface area contributed by atoms with E-state index in [0.29, 0.717) is 11.1 Å². The Labute approximate surface area is 257 Å². The molecule has 0 aromatic heterocycles. The number of amidine groups is 1. The minimum Gasteiger partial charge on any atom is -0.481 e. The highest BCUT2D eigenvalue weighted by Crippen LogP contribution is 2.39. The van der Waals surface area contributed by atoms with Gasteiger partial charge in [0, 0.05) is 19.0 Å². The lowest BCUT2D eigenvalue weighted by molar-refractivity contribution is -0.159. The standard InChI is InChI=1S/C34H39N5O5/c1-22(40)38(21-26(30(41)42)19-23-11-15-27(16-12-23)33(2,3)4)39-31(43)34(5,28-17-13-25(14-18-28)29(35)36)37(32(39)44)20-24-9-7-6-8-10-24/h6-18,26H,19-21H2,1-5H3,(H3,35,36)(H,41,42). The number of carboxylic acid groups (broad SMARTS) is 1. The van der Waals surface area contributed by atoms with Crippen molar-refractivity contribution in [2.24, 2.45) is 11.7 Å². The first-order valence-corrected chi connectivity index (χ1v) is 14.4. The van der Waals surface area contributed by atoms with Gasteiger partial charge in [0.05, 0.1) is 12.5 Å². The zero-order chi connectivity index (χ0) is 32.4. The fourth-order valence-electron chi connectivity index (χ4n) is 5.39. The minimum absolute atomic E-state index is 0.0566. The predicted molar refractivity (Wildman–Crippen MR) is 166 cm³/mol. The highest BCUT2D eigenvalue weighted by molar-refractivity contribution is 6.08. The summed E-state index contributed by atoms with van der Waals surface area (Å²) in [6.45, 7) is 8.73. The van der Waals surface area contributed by atoms with E-state index in [2.05, 4.69) is 20.8 Å². The van der Waals surface area contributed by atoms with Crippen LogP contribution < -0.4 is 5.73 Å². The number of hydrogen-bond donors (Lipinski definition) is 3. The molecule has 0 aliphatic carbocycles. The van der Waals surface area contributed by atoms with E-state index in [0.717, 1.165) is 26.7 Å². The van der Waals surface area contributed by atoms with Gasteiger partial charge in [-0.15, -0.1) is 0 Å². The first kappa shape index (κ1) is 31.9. The molecule has 4 N–H and O–H groups in total. The summed E-state index contributed by atoms with van der Waals surface area (Å²) < 4.78 is 0.